The summed E-state index contributed by atoms with van der Waals surface area (Å²) in [4.78, 5) is 74.7. The first-order valence-corrected chi connectivity index (χ1v) is 30.1. The van der Waals surface area contributed by atoms with Gasteiger partial charge in [-0.25, -0.2) is 28.8 Å². The minimum atomic E-state index is -0.737. The monoisotopic (exact) mass is 1180 g/mol. The number of hydrogen-bond acceptors (Lipinski definition) is 16. The van der Waals surface area contributed by atoms with Gasteiger partial charge in [-0.2, -0.15) is 0 Å². The Morgan fingerprint density at radius 2 is 0.581 bits per heavy atom. The lowest BCUT2D eigenvalue weighted by atomic mass is 9.87. The number of fused-ring (bicyclic) bond motifs is 8. The van der Waals surface area contributed by atoms with Gasteiger partial charge in [0.25, 0.3) is 0 Å². The number of benzene rings is 4. The molecule has 0 spiro atoms. The highest BCUT2D eigenvalue weighted by Crippen LogP contribution is 2.42. The van der Waals surface area contributed by atoms with Crippen molar-refractivity contribution in [2.24, 2.45) is 0 Å². The van der Waals surface area contributed by atoms with Gasteiger partial charge in [-0.05, 0) is 132 Å². The van der Waals surface area contributed by atoms with E-state index in [1.807, 2.05) is 0 Å². The van der Waals surface area contributed by atoms with Crippen LogP contribution >= 0.6 is 0 Å². The SMILES string of the molecule is C=C(C)C(=O)OCCOc1c2cc(CCCC)cc1Cc1cc(CCCC)cc(c1OCCOC(=O)/C=C\C(=O)OC)Cc1cc(CCCC)cc(c1OCCOC(=O)C(=C)C)Cc1cc(CCCC)cc(c1OCCOC(=O)/C=C\C(=O)OC)C2. The molecular formula is C70H88O16. The molecule has 16 nitrogen and oxygen atoms in total. The van der Waals surface area contributed by atoms with E-state index in [1.165, 1.54) is 14.2 Å². The highest BCUT2D eigenvalue weighted by molar-refractivity contribution is 5.92. The first-order chi connectivity index (χ1) is 41.5. The van der Waals surface area contributed by atoms with Crippen molar-refractivity contribution in [1.82, 2.24) is 0 Å². The van der Waals surface area contributed by atoms with Crippen LogP contribution in [0.4, 0.5) is 0 Å². The fourth-order valence-corrected chi connectivity index (χ4v) is 9.90. The third-order valence-electron chi connectivity index (χ3n) is 14.1. The van der Waals surface area contributed by atoms with Crippen LogP contribution in [0.5, 0.6) is 23.0 Å². The second-order valence-electron chi connectivity index (χ2n) is 21.4. The minimum Gasteiger partial charge on any atom is -0.489 e. The second kappa shape index (κ2) is 36.6. The van der Waals surface area contributed by atoms with Gasteiger partial charge in [0.2, 0.25) is 0 Å². The van der Waals surface area contributed by atoms with Crippen molar-refractivity contribution in [2.45, 2.75) is 144 Å². The zero-order valence-electron chi connectivity index (χ0n) is 51.8. The van der Waals surface area contributed by atoms with Crippen LogP contribution in [-0.2, 0) is 109 Å². The third-order valence-corrected chi connectivity index (χ3v) is 14.1. The Morgan fingerprint density at radius 1 is 0.360 bits per heavy atom. The number of esters is 6. The third kappa shape index (κ3) is 22.4. The Hall–Kier alpha value is -8.14. The van der Waals surface area contributed by atoms with Crippen LogP contribution in [0.15, 0.2) is 97.1 Å². The van der Waals surface area contributed by atoms with Crippen molar-refractivity contribution in [3.63, 3.8) is 0 Å². The van der Waals surface area contributed by atoms with E-state index in [0.29, 0.717) is 48.7 Å². The number of rotatable bonds is 34. The maximum absolute atomic E-state index is 12.8. The lowest BCUT2D eigenvalue weighted by Crippen LogP contribution is -2.16. The molecule has 0 heterocycles. The van der Waals surface area contributed by atoms with E-state index in [1.54, 1.807) is 13.8 Å². The first kappa shape index (κ1) is 68.6. The maximum atomic E-state index is 12.8. The normalized spacial score (nSPS) is 11.8. The summed E-state index contributed by atoms with van der Waals surface area (Å²) in [6.07, 6.45) is 16.0. The molecule has 4 aromatic rings. The largest absolute Gasteiger partial charge is 0.489 e. The molecule has 1 aliphatic rings. The van der Waals surface area contributed by atoms with Crippen LogP contribution in [0.25, 0.3) is 0 Å². The van der Waals surface area contributed by atoms with Gasteiger partial charge in [0.1, 0.15) is 75.9 Å². The van der Waals surface area contributed by atoms with E-state index in [0.717, 1.165) is 168 Å². The summed E-state index contributed by atoms with van der Waals surface area (Å²) in [5.41, 5.74) is 11.8. The van der Waals surface area contributed by atoms with Crippen molar-refractivity contribution in [2.75, 3.05) is 67.1 Å². The van der Waals surface area contributed by atoms with Crippen molar-refractivity contribution in [3.8, 4) is 23.0 Å². The maximum Gasteiger partial charge on any atom is 0.333 e. The Kier molecular flexibility index (Phi) is 29.2. The highest BCUT2D eigenvalue weighted by Gasteiger charge is 2.26. The summed E-state index contributed by atoms with van der Waals surface area (Å²) in [7, 11) is 2.44. The van der Waals surface area contributed by atoms with Gasteiger partial charge in [-0.3, -0.25) is 0 Å². The fourth-order valence-electron chi connectivity index (χ4n) is 9.90. The first-order valence-electron chi connectivity index (χ1n) is 30.1. The van der Waals surface area contributed by atoms with Gasteiger partial charge >= 0.3 is 35.8 Å². The fraction of sp³-hybridized carbons (Fsp3) is 0.457. The van der Waals surface area contributed by atoms with Gasteiger partial charge in [-0.15, -0.1) is 0 Å². The Bertz CT molecular complexity index is 2750. The molecule has 0 saturated heterocycles. The average Bonchev–Trinajstić information content (AvgIpc) is 1.91. The van der Waals surface area contributed by atoms with E-state index in [2.05, 4.69) is 98.9 Å². The van der Waals surface area contributed by atoms with E-state index < -0.39 is 35.8 Å². The molecule has 0 radical (unpaired) electrons. The number of unbranched alkanes of at least 4 members (excludes halogenated alkanes) is 4. The zero-order valence-corrected chi connectivity index (χ0v) is 51.8. The quantitative estimate of drug-likeness (QED) is 0.0163. The molecule has 0 aromatic heterocycles. The molecule has 464 valence electrons. The van der Waals surface area contributed by atoms with Crippen LogP contribution < -0.4 is 18.9 Å². The zero-order chi connectivity index (χ0) is 62.4. The van der Waals surface area contributed by atoms with Crippen molar-refractivity contribution >= 4 is 35.8 Å². The molecule has 0 atom stereocenters. The van der Waals surface area contributed by atoms with Gasteiger partial charge < -0.3 is 47.4 Å². The Labute approximate surface area is 508 Å². The smallest absolute Gasteiger partial charge is 0.333 e. The standard InChI is InChI=1S/C70H88O16/c1-11-15-19-49-35-53-43-57-39-51(21-17-13-3)41-59(67(57)83-31-33-85-69(75)47(5)6)45-55-37-50(20-16-12-2)38-56(66(55)82-30-28-80-64(74)26-24-62(72)78-10)46-60-42-52(22-18-14-4)40-58(68(60)84-32-34-86-70(76)48(7)8)44-54(36-49)65(53)81-29-27-79-63(73)25-23-61(71)77-9/h23-26,35-42H,5,7,11-22,27-34,43-46H2,1-4,6,8-10H3/b25-23-,26-24-. The predicted octanol–water partition coefficient (Wildman–Crippen LogP) is 12.0. The van der Waals surface area contributed by atoms with Crippen LogP contribution in [0.2, 0.25) is 0 Å². The van der Waals surface area contributed by atoms with E-state index in [9.17, 15) is 28.8 Å². The molecule has 16 heteroatoms. The van der Waals surface area contributed by atoms with E-state index in [4.69, 9.17) is 37.9 Å². The molecule has 0 amide bonds. The lowest BCUT2D eigenvalue weighted by molar-refractivity contribution is -0.140. The van der Waals surface area contributed by atoms with Crippen LogP contribution in [0.3, 0.4) is 0 Å². The molecule has 4 aromatic carbocycles. The number of methoxy groups -OCH3 is 2. The van der Waals surface area contributed by atoms with Gasteiger partial charge in [-0.1, -0.05) is 115 Å². The van der Waals surface area contributed by atoms with Crippen molar-refractivity contribution in [1.29, 1.82) is 0 Å². The van der Waals surface area contributed by atoms with E-state index in [-0.39, 0.29) is 64.0 Å². The molecule has 0 fully saturated rings. The molecule has 0 N–H and O–H groups in total. The van der Waals surface area contributed by atoms with Crippen LogP contribution in [-0.4, -0.2) is 103 Å². The Morgan fingerprint density at radius 3 is 0.791 bits per heavy atom. The number of hydrogen-bond donors (Lipinski definition) is 0. The summed E-state index contributed by atoms with van der Waals surface area (Å²) >= 11 is 0. The summed E-state index contributed by atoms with van der Waals surface area (Å²) in [5, 5.41) is 0. The molecule has 0 aliphatic heterocycles. The molecule has 86 heavy (non-hydrogen) atoms. The molecule has 0 unspecified atom stereocenters. The summed E-state index contributed by atoms with van der Waals surface area (Å²) in [5.74, 6) is -1.53. The van der Waals surface area contributed by atoms with Crippen LogP contribution in [0.1, 0.15) is 160 Å². The van der Waals surface area contributed by atoms with E-state index >= 15 is 0 Å². The number of aryl methyl sites for hydroxylation is 4. The molecule has 8 bridgehead atoms. The topological polar surface area (TPSA) is 195 Å². The second-order valence-corrected chi connectivity index (χ2v) is 21.4. The molecule has 0 saturated carbocycles. The summed E-state index contributed by atoms with van der Waals surface area (Å²) in [6, 6.07) is 17.5. The van der Waals surface area contributed by atoms with Crippen molar-refractivity contribution in [3.05, 3.63) is 164 Å². The van der Waals surface area contributed by atoms with Crippen molar-refractivity contribution < 1.29 is 76.1 Å². The average molecular weight is 1190 g/mol. The van der Waals surface area contributed by atoms with Gasteiger partial charge in [0.05, 0.1) is 14.2 Å². The van der Waals surface area contributed by atoms with Gasteiger partial charge in [0, 0.05) is 61.1 Å². The number of ether oxygens (including phenoxy) is 10. The molecule has 5 rings (SSSR count). The number of carbonyl (C=O) groups excluding carboxylic acids is 6. The molecule has 1 aliphatic carbocycles. The summed E-state index contributed by atoms with van der Waals surface area (Å²) in [6.45, 7) is 19.0. The lowest BCUT2D eigenvalue weighted by Gasteiger charge is -2.25. The van der Waals surface area contributed by atoms with Crippen LogP contribution in [0, 0.1) is 0 Å². The summed E-state index contributed by atoms with van der Waals surface area (Å²) < 4.78 is 59.2. The minimum absolute atomic E-state index is 0.0272. The van der Waals surface area contributed by atoms with Gasteiger partial charge in [0.15, 0.2) is 0 Å². The Balaban J connectivity index is 1.88. The highest BCUT2D eigenvalue weighted by atomic mass is 16.6. The predicted molar refractivity (Wildman–Crippen MR) is 329 cm³/mol. The number of carbonyl (C=O) groups is 6. The molecular weight excluding hydrogens is 1100 g/mol.